The third-order valence-corrected chi connectivity index (χ3v) is 9.57. The van der Waals surface area contributed by atoms with E-state index in [-0.39, 0.29) is 0 Å². The molecule has 0 N–H and O–H groups in total. The van der Waals surface area contributed by atoms with Crippen LogP contribution in [0.3, 0.4) is 0 Å². The summed E-state index contributed by atoms with van der Waals surface area (Å²) in [6, 6.07) is 0. The topological polar surface area (TPSA) is 0 Å². The lowest BCUT2D eigenvalue weighted by Crippen LogP contribution is -2.43. The molecule has 0 radical (unpaired) electrons. The highest BCUT2D eigenvalue weighted by Crippen LogP contribution is 2.68. The van der Waals surface area contributed by atoms with Gasteiger partial charge < -0.3 is 0 Å². The van der Waals surface area contributed by atoms with Gasteiger partial charge in [-0.15, -0.1) is 0 Å². The van der Waals surface area contributed by atoms with Gasteiger partial charge in [-0.2, -0.15) is 0 Å². The Kier molecular flexibility index (Phi) is 4.74. The average molecular weight is 316 g/mol. The van der Waals surface area contributed by atoms with Crippen molar-refractivity contribution >= 4 is 7.85 Å². The van der Waals surface area contributed by atoms with Crippen molar-refractivity contribution in [3.05, 3.63) is 0 Å². The number of hydrogen-bond donors (Lipinski definition) is 0. The Labute approximate surface area is 147 Å². The van der Waals surface area contributed by atoms with Crippen LogP contribution in [0.1, 0.15) is 98.8 Å². The Bertz CT molecular complexity index is 428. The fraction of sp³-hybridized carbons (Fsp3) is 1.00. The minimum atomic E-state index is 0.490. The number of fused-ring (bicyclic) bond motifs is 1. The lowest BCUT2D eigenvalue weighted by Gasteiger charge is -2.54. The number of hydrogen-bond acceptors (Lipinski definition) is 0. The Morgan fingerprint density at radius 1 is 0.739 bits per heavy atom. The van der Waals surface area contributed by atoms with Crippen LogP contribution < -0.4 is 0 Å². The van der Waals surface area contributed by atoms with E-state index in [0.717, 1.165) is 23.7 Å². The summed E-state index contributed by atoms with van der Waals surface area (Å²) in [5.41, 5.74) is 1.14. The third-order valence-electron chi connectivity index (χ3n) is 9.57. The highest BCUT2D eigenvalue weighted by Gasteiger charge is 2.57. The van der Waals surface area contributed by atoms with E-state index in [1.54, 1.807) is 0 Å². The second-order valence-corrected chi connectivity index (χ2v) is 10.9. The molecule has 23 heavy (non-hydrogen) atoms. The Hall–Kier alpha value is 0.0649. The molecular formula is C22H41B. The minimum absolute atomic E-state index is 0.490. The summed E-state index contributed by atoms with van der Waals surface area (Å²) in [7, 11) is 2.64. The van der Waals surface area contributed by atoms with Gasteiger partial charge in [-0.05, 0) is 60.2 Å². The molecule has 0 amide bonds. The van der Waals surface area contributed by atoms with Gasteiger partial charge in [0.15, 0.2) is 0 Å². The molecule has 7 unspecified atom stereocenters. The molecular weight excluding hydrogens is 275 g/mol. The quantitative estimate of drug-likeness (QED) is 0.501. The lowest BCUT2D eigenvalue weighted by molar-refractivity contribution is 0.0343. The predicted molar refractivity (Wildman–Crippen MR) is 105 cm³/mol. The SMILES string of the molecule is BC1(C)CC(C2CCCC2C)C(C)CCCC2(C)CCCC12C. The molecule has 3 rings (SSSR count). The zero-order chi connectivity index (χ0) is 16.9. The third kappa shape index (κ3) is 2.83. The van der Waals surface area contributed by atoms with Crippen molar-refractivity contribution in [1.29, 1.82) is 0 Å². The molecule has 0 heterocycles. The van der Waals surface area contributed by atoms with Crippen molar-refractivity contribution in [3.8, 4) is 0 Å². The van der Waals surface area contributed by atoms with E-state index in [1.807, 2.05) is 0 Å². The molecule has 0 bridgehead atoms. The van der Waals surface area contributed by atoms with Crippen LogP contribution in [0, 0.1) is 34.5 Å². The second kappa shape index (κ2) is 6.10. The van der Waals surface area contributed by atoms with Crippen molar-refractivity contribution in [2.75, 3.05) is 0 Å². The molecule has 3 saturated carbocycles. The molecule has 0 aromatic carbocycles. The summed E-state index contributed by atoms with van der Waals surface area (Å²) in [6.07, 6.45) is 14.8. The molecule has 0 saturated heterocycles. The Morgan fingerprint density at radius 2 is 1.35 bits per heavy atom. The molecule has 0 aliphatic heterocycles. The van der Waals surface area contributed by atoms with E-state index in [9.17, 15) is 0 Å². The van der Waals surface area contributed by atoms with Gasteiger partial charge in [0.25, 0.3) is 0 Å². The van der Waals surface area contributed by atoms with Crippen LogP contribution in [0.5, 0.6) is 0 Å². The van der Waals surface area contributed by atoms with Crippen LogP contribution in [-0.2, 0) is 0 Å². The first-order valence-corrected chi connectivity index (χ1v) is 10.7. The first-order chi connectivity index (χ1) is 10.7. The fourth-order valence-electron chi connectivity index (χ4n) is 7.39. The van der Waals surface area contributed by atoms with Crippen molar-refractivity contribution in [1.82, 2.24) is 0 Å². The Morgan fingerprint density at radius 3 is 2.00 bits per heavy atom. The standard InChI is InChI=1S/C22H41B/c1-16-9-6-11-18(16)19-15-22(5,23)21(4)14-8-13-20(21,3)12-7-10-17(19)2/h16-19H,6-15,23H2,1-5H3. The number of rotatable bonds is 1. The van der Waals surface area contributed by atoms with Crippen molar-refractivity contribution in [3.63, 3.8) is 0 Å². The van der Waals surface area contributed by atoms with Gasteiger partial charge in [0.2, 0.25) is 0 Å². The molecule has 3 aliphatic rings. The van der Waals surface area contributed by atoms with Gasteiger partial charge in [-0.3, -0.25) is 0 Å². The molecule has 132 valence electrons. The largest absolute Gasteiger partial charge is 0.109 e. The molecule has 7 atom stereocenters. The van der Waals surface area contributed by atoms with Crippen molar-refractivity contribution < 1.29 is 0 Å². The van der Waals surface area contributed by atoms with Gasteiger partial charge in [-0.25, -0.2) is 0 Å². The van der Waals surface area contributed by atoms with Crippen molar-refractivity contribution in [2.24, 2.45) is 34.5 Å². The van der Waals surface area contributed by atoms with Crippen LogP contribution in [0.4, 0.5) is 0 Å². The molecule has 0 aromatic rings. The van der Waals surface area contributed by atoms with Gasteiger partial charge >= 0.3 is 0 Å². The zero-order valence-corrected chi connectivity index (χ0v) is 16.9. The predicted octanol–water partition coefficient (Wildman–Crippen LogP) is 6.26. The minimum Gasteiger partial charge on any atom is -0.0664 e. The van der Waals surface area contributed by atoms with Crippen LogP contribution in [0.25, 0.3) is 0 Å². The summed E-state index contributed by atoms with van der Waals surface area (Å²) in [5, 5.41) is 0.490. The van der Waals surface area contributed by atoms with E-state index < -0.39 is 0 Å². The second-order valence-electron chi connectivity index (χ2n) is 10.9. The van der Waals surface area contributed by atoms with E-state index in [2.05, 4.69) is 42.5 Å². The first kappa shape index (κ1) is 17.9. The van der Waals surface area contributed by atoms with Crippen LogP contribution in [0.15, 0.2) is 0 Å². The zero-order valence-electron chi connectivity index (χ0n) is 16.9. The monoisotopic (exact) mass is 316 g/mol. The fourth-order valence-corrected chi connectivity index (χ4v) is 7.39. The lowest BCUT2D eigenvalue weighted by atomic mass is 9.43. The summed E-state index contributed by atoms with van der Waals surface area (Å²) in [6.45, 7) is 13.1. The van der Waals surface area contributed by atoms with E-state index in [0.29, 0.717) is 16.1 Å². The molecule has 1 heteroatoms. The summed E-state index contributed by atoms with van der Waals surface area (Å²) < 4.78 is 0. The molecule has 0 aromatic heterocycles. The first-order valence-electron chi connectivity index (χ1n) is 10.7. The smallest absolute Gasteiger partial charge is 0.0664 e. The van der Waals surface area contributed by atoms with E-state index >= 15 is 0 Å². The summed E-state index contributed by atoms with van der Waals surface area (Å²) in [5.74, 6) is 3.90. The Balaban J connectivity index is 1.93. The van der Waals surface area contributed by atoms with Crippen LogP contribution in [-0.4, -0.2) is 7.85 Å². The molecule has 3 aliphatic carbocycles. The average Bonchev–Trinajstić information content (AvgIpc) is 3.01. The normalized spacial score (nSPS) is 55.0. The van der Waals surface area contributed by atoms with Crippen molar-refractivity contribution in [2.45, 2.75) is 104 Å². The van der Waals surface area contributed by atoms with E-state index in [1.165, 1.54) is 64.2 Å². The van der Waals surface area contributed by atoms with Gasteiger partial charge in [-0.1, -0.05) is 78.5 Å². The van der Waals surface area contributed by atoms with Crippen LogP contribution >= 0.6 is 0 Å². The summed E-state index contributed by atoms with van der Waals surface area (Å²) >= 11 is 0. The highest BCUT2D eigenvalue weighted by molar-refractivity contribution is 6.15. The van der Waals surface area contributed by atoms with E-state index in [4.69, 9.17) is 0 Å². The van der Waals surface area contributed by atoms with Crippen LogP contribution in [0.2, 0.25) is 5.31 Å². The van der Waals surface area contributed by atoms with Gasteiger partial charge in [0.1, 0.15) is 7.85 Å². The summed E-state index contributed by atoms with van der Waals surface area (Å²) in [4.78, 5) is 0. The van der Waals surface area contributed by atoms with Gasteiger partial charge in [0, 0.05) is 0 Å². The molecule has 3 fully saturated rings. The molecule has 0 nitrogen and oxygen atoms in total. The maximum Gasteiger partial charge on any atom is 0.109 e. The van der Waals surface area contributed by atoms with Gasteiger partial charge in [0.05, 0.1) is 0 Å². The maximum atomic E-state index is 2.67. The highest BCUT2D eigenvalue weighted by atomic mass is 14.6. The molecule has 0 spiro atoms. The maximum absolute atomic E-state index is 2.67.